The summed E-state index contributed by atoms with van der Waals surface area (Å²) in [5.74, 6) is -0.139. The van der Waals surface area contributed by atoms with Gasteiger partial charge in [-0.3, -0.25) is 14.5 Å². The molecule has 0 spiro atoms. The normalized spacial score (nSPS) is 10.8. The number of halogens is 1. The van der Waals surface area contributed by atoms with E-state index in [1.165, 1.54) is 10.9 Å². The van der Waals surface area contributed by atoms with Gasteiger partial charge in [0.15, 0.2) is 0 Å². The van der Waals surface area contributed by atoms with Gasteiger partial charge in [-0.25, -0.2) is 4.98 Å². The number of hydrogen-bond acceptors (Lipinski definition) is 4. The Balaban J connectivity index is 1.74. The third-order valence-corrected chi connectivity index (χ3v) is 4.16. The van der Waals surface area contributed by atoms with Crippen molar-refractivity contribution < 1.29 is 4.79 Å². The molecule has 1 amide bonds. The van der Waals surface area contributed by atoms with Crippen LogP contribution in [0.1, 0.15) is 22.5 Å². The van der Waals surface area contributed by atoms with Crippen LogP contribution in [-0.4, -0.2) is 41.7 Å². The van der Waals surface area contributed by atoms with Gasteiger partial charge in [-0.2, -0.15) is 5.10 Å². The summed E-state index contributed by atoms with van der Waals surface area (Å²) in [6.45, 7) is 1.85. The largest absolute Gasteiger partial charge is 0.337 e. The number of pyridine rings is 1. The lowest BCUT2D eigenvalue weighted by atomic mass is 10.2. The molecule has 0 saturated heterocycles. The third kappa shape index (κ3) is 4.24. The summed E-state index contributed by atoms with van der Waals surface area (Å²) in [6, 6.07) is 3.81. The number of hydrogen-bond donors (Lipinski definition) is 0. The van der Waals surface area contributed by atoms with Gasteiger partial charge in [-0.15, -0.1) is 0 Å². The van der Waals surface area contributed by atoms with Gasteiger partial charge in [0.2, 0.25) is 0 Å². The number of carbonyl (C=O) groups is 1. The Morgan fingerprint density at radius 1 is 1.28 bits per heavy atom. The van der Waals surface area contributed by atoms with Crippen LogP contribution in [0.2, 0.25) is 5.02 Å². The standard InChI is InChI=1S/C17H19ClN6O/c1-22-16(15(18)11-21-22)17(25)24(12-14-4-2-5-19-10-14)8-3-7-23-9-6-20-13-23/h2,4-6,9-11,13H,3,7-8,12H2,1H3. The molecule has 7 nitrogen and oxygen atoms in total. The summed E-state index contributed by atoms with van der Waals surface area (Å²) in [7, 11) is 1.72. The predicted octanol–water partition coefficient (Wildman–Crippen LogP) is 2.40. The van der Waals surface area contributed by atoms with Crippen LogP contribution >= 0.6 is 11.6 Å². The number of aromatic nitrogens is 5. The first-order valence-corrected chi connectivity index (χ1v) is 8.34. The molecule has 3 rings (SSSR count). The van der Waals surface area contributed by atoms with E-state index < -0.39 is 0 Å². The second-order valence-electron chi connectivity index (χ2n) is 5.71. The zero-order valence-electron chi connectivity index (χ0n) is 13.9. The molecule has 0 N–H and O–H groups in total. The highest BCUT2D eigenvalue weighted by Gasteiger charge is 2.22. The first kappa shape index (κ1) is 17.2. The molecule has 3 aromatic heterocycles. The molecule has 0 fully saturated rings. The minimum atomic E-state index is -0.139. The molecule has 0 bridgehead atoms. The van der Waals surface area contributed by atoms with E-state index in [1.807, 2.05) is 22.9 Å². The second kappa shape index (κ2) is 7.94. The van der Waals surface area contributed by atoms with E-state index in [2.05, 4.69) is 15.1 Å². The number of aryl methyl sites for hydroxylation is 2. The second-order valence-corrected chi connectivity index (χ2v) is 6.11. The molecule has 25 heavy (non-hydrogen) atoms. The fraction of sp³-hybridized carbons (Fsp3) is 0.294. The van der Waals surface area contributed by atoms with Crippen LogP contribution in [0.4, 0.5) is 0 Å². The van der Waals surface area contributed by atoms with E-state index in [-0.39, 0.29) is 5.91 Å². The van der Waals surface area contributed by atoms with Crippen molar-refractivity contribution >= 4 is 17.5 Å². The first-order chi connectivity index (χ1) is 12.1. The number of carbonyl (C=O) groups excluding carboxylic acids is 1. The molecule has 8 heteroatoms. The van der Waals surface area contributed by atoms with Crippen LogP contribution in [0.25, 0.3) is 0 Å². The van der Waals surface area contributed by atoms with Gasteiger partial charge in [0.1, 0.15) is 5.69 Å². The van der Waals surface area contributed by atoms with E-state index in [9.17, 15) is 4.79 Å². The van der Waals surface area contributed by atoms with Crippen molar-refractivity contribution in [3.63, 3.8) is 0 Å². The molecule has 0 aliphatic heterocycles. The maximum atomic E-state index is 13.0. The van der Waals surface area contributed by atoms with Crippen LogP contribution < -0.4 is 0 Å². The molecule has 0 saturated carbocycles. The fourth-order valence-corrected chi connectivity index (χ4v) is 2.88. The lowest BCUT2D eigenvalue weighted by molar-refractivity contribution is 0.0728. The van der Waals surface area contributed by atoms with E-state index in [4.69, 9.17) is 11.6 Å². The Morgan fingerprint density at radius 3 is 2.80 bits per heavy atom. The molecule has 0 aromatic carbocycles. The lowest BCUT2D eigenvalue weighted by Gasteiger charge is -2.23. The number of amides is 1. The van der Waals surface area contributed by atoms with Gasteiger partial charge in [-0.05, 0) is 18.1 Å². The van der Waals surface area contributed by atoms with E-state index >= 15 is 0 Å². The van der Waals surface area contributed by atoms with Gasteiger partial charge in [0, 0.05) is 51.5 Å². The summed E-state index contributed by atoms with van der Waals surface area (Å²) in [6.07, 6.45) is 11.2. The van der Waals surface area contributed by atoms with Crippen LogP contribution in [0.3, 0.4) is 0 Å². The van der Waals surface area contributed by atoms with Gasteiger partial charge in [-0.1, -0.05) is 17.7 Å². The van der Waals surface area contributed by atoms with Crippen molar-refractivity contribution in [1.82, 2.24) is 29.2 Å². The molecule has 3 aromatic rings. The van der Waals surface area contributed by atoms with Crippen molar-refractivity contribution in [2.24, 2.45) is 7.05 Å². The summed E-state index contributed by atoms with van der Waals surface area (Å²) in [5.41, 5.74) is 1.37. The molecule has 0 radical (unpaired) electrons. The molecule has 0 aliphatic rings. The van der Waals surface area contributed by atoms with Crippen LogP contribution in [0, 0.1) is 0 Å². The highest BCUT2D eigenvalue weighted by atomic mass is 35.5. The molecular weight excluding hydrogens is 340 g/mol. The van der Waals surface area contributed by atoms with Crippen molar-refractivity contribution in [3.05, 3.63) is 65.7 Å². The summed E-state index contributed by atoms with van der Waals surface area (Å²) in [4.78, 5) is 22.9. The Labute approximate surface area is 150 Å². The minimum absolute atomic E-state index is 0.139. The van der Waals surface area contributed by atoms with E-state index in [1.54, 1.807) is 36.9 Å². The average Bonchev–Trinajstić information content (AvgIpc) is 3.24. The predicted molar refractivity (Wildman–Crippen MR) is 94.0 cm³/mol. The van der Waals surface area contributed by atoms with Gasteiger partial charge in [0.05, 0.1) is 17.5 Å². The average molecular weight is 359 g/mol. The highest BCUT2D eigenvalue weighted by molar-refractivity contribution is 6.33. The number of rotatable bonds is 7. The Bertz CT molecular complexity index is 796. The van der Waals surface area contributed by atoms with Gasteiger partial charge >= 0.3 is 0 Å². The van der Waals surface area contributed by atoms with Crippen molar-refractivity contribution in [2.75, 3.05) is 6.54 Å². The quantitative estimate of drug-likeness (QED) is 0.650. The van der Waals surface area contributed by atoms with Crippen LogP contribution in [-0.2, 0) is 20.1 Å². The van der Waals surface area contributed by atoms with Crippen molar-refractivity contribution in [1.29, 1.82) is 0 Å². The molecular formula is C17H19ClN6O. The lowest BCUT2D eigenvalue weighted by Crippen LogP contribution is -2.33. The van der Waals surface area contributed by atoms with Gasteiger partial charge in [0.25, 0.3) is 5.91 Å². The molecule has 0 atom stereocenters. The topological polar surface area (TPSA) is 68.8 Å². The van der Waals surface area contributed by atoms with Crippen LogP contribution in [0.15, 0.2) is 49.4 Å². The van der Waals surface area contributed by atoms with Crippen LogP contribution in [0.5, 0.6) is 0 Å². The summed E-state index contributed by atoms with van der Waals surface area (Å²) < 4.78 is 3.50. The van der Waals surface area contributed by atoms with E-state index in [0.29, 0.717) is 23.8 Å². The smallest absolute Gasteiger partial charge is 0.273 e. The Hall–Kier alpha value is -2.67. The van der Waals surface area contributed by atoms with E-state index in [0.717, 1.165) is 18.5 Å². The third-order valence-electron chi connectivity index (χ3n) is 3.88. The molecule has 0 aliphatic carbocycles. The maximum Gasteiger partial charge on any atom is 0.273 e. The summed E-state index contributed by atoms with van der Waals surface area (Å²) >= 11 is 6.15. The maximum absolute atomic E-state index is 13.0. The monoisotopic (exact) mass is 358 g/mol. The molecule has 0 unspecified atom stereocenters. The fourth-order valence-electron chi connectivity index (χ4n) is 2.63. The number of nitrogens with zero attached hydrogens (tertiary/aromatic N) is 6. The van der Waals surface area contributed by atoms with Crippen molar-refractivity contribution in [2.45, 2.75) is 19.5 Å². The van der Waals surface area contributed by atoms with Gasteiger partial charge < -0.3 is 9.47 Å². The Morgan fingerprint density at radius 2 is 2.16 bits per heavy atom. The molecule has 3 heterocycles. The van der Waals surface area contributed by atoms with Crippen molar-refractivity contribution in [3.8, 4) is 0 Å². The zero-order chi connectivity index (χ0) is 17.6. The minimum Gasteiger partial charge on any atom is -0.337 e. The Kier molecular flexibility index (Phi) is 5.45. The highest BCUT2D eigenvalue weighted by Crippen LogP contribution is 2.18. The number of imidazole rings is 1. The zero-order valence-corrected chi connectivity index (χ0v) is 14.7. The molecule has 130 valence electrons. The first-order valence-electron chi connectivity index (χ1n) is 7.96. The SMILES string of the molecule is Cn1ncc(Cl)c1C(=O)N(CCCn1ccnc1)Cc1cccnc1. The summed E-state index contributed by atoms with van der Waals surface area (Å²) in [5, 5.41) is 4.42.